The molecule has 5 unspecified atom stereocenters. The van der Waals surface area contributed by atoms with E-state index >= 15 is 0 Å². The first-order valence-electron chi connectivity index (χ1n) is 38.3. The van der Waals surface area contributed by atoms with E-state index in [-0.39, 0.29) is 83.7 Å². The highest BCUT2D eigenvalue weighted by Crippen LogP contribution is 2.39. The summed E-state index contributed by atoms with van der Waals surface area (Å²) in [4.78, 5) is 0. The van der Waals surface area contributed by atoms with Crippen LogP contribution in [-0.2, 0) is 54.4 Å². The third-order valence-electron chi connectivity index (χ3n) is 19.2. The second kappa shape index (κ2) is 49.4. The Morgan fingerprint density at radius 2 is 0.565 bits per heavy atom. The Hall–Kier alpha value is -5.40. The number of aromatic hydroxyl groups is 5. The van der Waals surface area contributed by atoms with Gasteiger partial charge in [0.2, 0.25) is 0 Å². The first kappa shape index (κ1) is 108. The largest absolute Gasteiger partial charge is 0.507 e. The summed E-state index contributed by atoms with van der Waals surface area (Å²) in [6.07, 6.45) is 0. The van der Waals surface area contributed by atoms with Crippen LogP contribution >= 0.6 is 105 Å². The Morgan fingerprint density at radius 3 is 0.922 bits per heavy atom. The second-order valence-electron chi connectivity index (χ2n) is 33.2. The van der Waals surface area contributed by atoms with Gasteiger partial charge in [0.05, 0.1) is 0 Å². The van der Waals surface area contributed by atoms with Crippen LogP contribution in [0.2, 0.25) is 0 Å². The molecule has 0 aliphatic heterocycles. The van der Waals surface area contributed by atoms with Gasteiger partial charge in [0.15, 0.2) is 0 Å². The molecule has 0 amide bonds. The molecule has 0 radical (unpaired) electrons. The second-order valence-corrected chi connectivity index (χ2v) is 39.7. The van der Waals surface area contributed by atoms with Crippen molar-refractivity contribution in [2.24, 2.45) is 0 Å². The molecular weight excluding hydrogens is 1620 g/mol. The van der Waals surface area contributed by atoms with E-state index in [0.29, 0.717) is 71.7 Å². The van der Waals surface area contributed by atoms with Crippen molar-refractivity contribution in [2.45, 2.75) is 200 Å². The highest BCUT2D eigenvalue weighted by Gasteiger charge is 2.27. The SMILES string of the molecule is CNCc1cc(C)ccc1Pc1ccccc1O.CNCc1cccc(C)c1Pc1cc(C(C)(C)C)cc(C(C)(C)C)c1O.CNCc1cccc(C)c1Pc1cc(C(C)(C)C)cc(C)c1O.CNCc1cccc(C)c1Pc1cc(C)cc(C(C)(C)C)c1O.CNCc1cccc(C)c1Pc1cc(C)cc(C)c1O.Cl.Cl.Cl.Cl.Cl. The van der Waals surface area contributed by atoms with Gasteiger partial charge in [0, 0.05) is 70.4 Å². The number of phenols is 5. The molecule has 0 spiro atoms. The molecule has 0 aliphatic carbocycles. The van der Waals surface area contributed by atoms with E-state index in [2.05, 4.69) is 292 Å². The fourth-order valence-electron chi connectivity index (χ4n) is 13.0. The molecule has 20 heteroatoms. The molecule has 0 aliphatic rings. The van der Waals surface area contributed by atoms with Crippen molar-refractivity contribution in [3.05, 3.63) is 264 Å². The average Bonchev–Trinajstić information content (AvgIpc) is 0.756. The van der Waals surface area contributed by atoms with Gasteiger partial charge in [-0.2, -0.15) is 0 Å². The lowest BCUT2D eigenvalue weighted by atomic mass is 9.80. The Bertz CT molecular complexity index is 4690. The number of phenolic OH excluding ortho intramolecular Hbond substituents is 5. The van der Waals surface area contributed by atoms with Gasteiger partial charge in [-0.1, -0.05) is 265 Å². The fraction of sp³-hybridized carbons (Fsp3) is 0.368. The molecule has 10 aromatic carbocycles. The summed E-state index contributed by atoms with van der Waals surface area (Å²) in [5.74, 6) is 2.18. The van der Waals surface area contributed by atoms with Crippen LogP contribution in [-0.4, -0.2) is 60.8 Å². The summed E-state index contributed by atoms with van der Waals surface area (Å²) in [6.45, 7) is 49.4. The summed E-state index contributed by atoms with van der Waals surface area (Å²) in [6, 6.07) is 56.8. The predicted octanol–water partition coefficient (Wildman–Crippen LogP) is 18.8. The molecule has 0 fully saturated rings. The van der Waals surface area contributed by atoms with Crippen LogP contribution in [0.3, 0.4) is 0 Å². The van der Waals surface area contributed by atoms with Crippen LogP contribution in [0, 0.1) is 62.3 Å². The molecule has 10 rings (SSSR count). The number of aryl methyl sites for hydroxylation is 9. The van der Waals surface area contributed by atoms with E-state index in [0.717, 1.165) is 81.5 Å². The maximum atomic E-state index is 11.1. The van der Waals surface area contributed by atoms with Gasteiger partial charge in [-0.3, -0.25) is 0 Å². The summed E-state index contributed by atoms with van der Waals surface area (Å²) >= 11 is 0. The zero-order valence-corrected chi connectivity index (χ0v) is 82.0. The molecule has 115 heavy (non-hydrogen) atoms. The molecule has 10 aromatic rings. The minimum Gasteiger partial charge on any atom is -0.507 e. The van der Waals surface area contributed by atoms with Crippen LogP contribution in [0.25, 0.3) is 0 Å². The predicted molar refractivity (Wildman–Crippen MR) is 528 cm³/mol. The Balaban J connectivity index is 0.000000714. The minimum absolute atomic E-state index is 0. The summed E-state index contributed by atoms with van der Waals surface area (Å²) in [7, 11) is 12.2. The van der Waals surface area contributed by atoms with Gasteiger partial charge in [-0.25, -0.2) is 0 Å². The lowest BCUT2D eigenvalue weighted by Crippen LogP contribution is -2.22. The van der Waals surface area contributed by atoms with Crippen molar-refractivity contribution in [3.63, 3.8) is 0 Å². The van der Waals surface area contributed by atoms with E-state index in [4.69, 9.17) is 0 Å². The molecule has 0 bridgehead atoms. The molecule has 10 N–H and O–H groups in total. The van der Waals surface area contributed by atoms with Gasteiger partial charge < -0.3 is 52.1 Å². The molecule has 0 saturated heterocycles. The van der Waals surface area contributed by atoms with Crippen molar-refractivity contribution in [1.29, 1.82) is 0 Å². The first-order valence-corrected chi connectivity index (χ1v) is 43.3. The number of hydrogen-bond donors (Lipinski definition) is 10. The molecule has 0 aromatic heterocycles. The summed E-state index contributed by atoms with van der Waals surface area (Å²) in [5.41, 5.74) is 21.9. The summed E-state index contributed by atoms with van der Waals surface area (Å²) < 4.78 is 0. The Morgan fingerprint density at radius 1 is 0.252 bits per heavy atom. The quantitative estimate of drug-likeness (QED) is 0.0333. The standard InChI is InChI=1S/C23H34NOP.2C20H28NOP.C17H22NOP.C15H18NOP.5ClH/c1-15-10-9-11-16(14-24-8)21(15)26-19-13-17(22(2,3)4)12-18(20(19)25)23(5,6)7;1-13-10-16(20(3,4)5)18(22)17(11-13)23-19-14(2)8-7-9-15(19)12-21-6;1-13-8-7-9-15(12-21-6)19(13)23-17-11-16(20(3,4)5)10-14(2)18(17)22;1-11-8-13(3)16(19)15(9-11)20-17-12(2)6-5-7-14(17)10-18-4;1-11-7-8-14(12(9-11)10-16-2)18-15-6-4-3-5-13(15)17;;;;;/h9-13,24-26H,14H2,1-8H3;2*7-11,21-23H,12H2,1-6H3;5-9,18-20H,10H2,1-4H3;3-9,16-18H,10H2,1-2H3;5*1H. The topological polar surface area (TPSA) is 161 Å². The number of nitrogens with one attached hydrogen (secondary N) is 5. The van der Waals surface area contributed by atoms with Crippen molar-refractivity contribution < 1.29 is 25.5 Å². The normalized spacial score (nSPS) is 11.6. The van der Waals surface area contributed by atoms with E-state index in [1.54, 1.807) is 6.07 Å². The van der Waals surface area contributed by atoms with Gasteiger partial charge in [0.25, 0.3) is 0 Å². The monoisotopic (exact) mass is 1760 g/mol. The Labute approximate surface area is 732 Å². The maximum Gasteiger partial charge on any atom is 0.127 e. The zero-order valence-electron chi connectivity index (χ0n) is 72.9. The zero-order chi connectivity index (χ0) is 81.8. The Kier molecular flexibility index (Phi) is 46.2. The van der Waals surface area contributed by atoms with E-state index in [1.165, 1.54) is 104 Å². The van der Waals surface area contributed by atoms with E-state index < -0.39 is 0 Å². The van der Waals surface area contributed by atoms with Crippen molar-refractivity contribution in [3.8, 4) is 28.7 Å². The number of halogens is 5. The van der Waals surface area contributed by atoms with Crippen LogP contribution in [0.1, 0.15) is 183 Å². The highest BCUT2D eigenvalue weighted by atomic mass is 35.5. The van der Waals surface area contributed by atoms with Crippen LogP contribution in [0.15, 0.2) is 164 Å². The molecule has 630 valence electrons. The number of hydrogen-bond acceptors (Lipinski definition) is 10. The molecule has 0 saturated carbocycles. The maximum absolute atomic E-state index is 11.1. The number of para-hydroxylation sites is 1. The molecule has 5 atom stereocenters. The van der Waals surface area contributed by atoms with Gasteiger partial charge in [-0.05, 0) is 260 Å². The van der Waals surface area contributed by atoms with Gasteiger partial charge in [-0.15, -0.1) is 62.0 Å². The van der Waals surface area contributed by atoms with Gasteiger partial charge in [0.1, 0.15) is 28.7 Å². The van der Waals surface area contributed by atoms with Crippen LogP contribution in [0.4, 0.5) is 0 Å². The first-order chi connectivity index (χ1) is 51.6. The van der Waals surface area contributed by atoms with Gasteiger partial charge >= 0.3 is 0 Å². The minimum atomic E-state index is -0.0931. The summed E-state index contributed by atoms with van der Waals surface area (Å²) in [5, 5.41) is 80.5. The molecule has 0 heterocycles. The average molecular weight is 1760 g/mol. The van der Waals surface area contributed by atoms with Crippen molar-refractivity contribution in [2.75, 3.05) is 35.2 Å². The lowest BCUT2D eigenvalue weighted by molar-refractivity contribution is 0.448. The molecular formula is C95H135Cl5N5O5P5. The fourth-order valence-corrected chi connectivity index (χ4v) is 19.9. The highest BCUT2D eigenvalue weighted by molar-refractivity contribution is 7.57. The number of rotatable bonds is 20. The van der Waals surface area contributed by atoms with Crippen molar-refractivity contribution >= 4 is 158 Å². The van der Waals surface area contributed by atoms with Crippen LogP contribution in [0.5, 0.6) is 28.7 Å². The molecule has 10 nitrogen and oxygen atoms in total. The van der Waals surface area contributed by atoms with E-state index in [9.17, 15) is 25.5 Å². The lowest BCUT2D eigenvalue weighted by Gasteiger charge is -2.28. The van der Waals surface area contributed by atoms with Crippen LogP contribution < -0.4 is 79.6 Å². The van der Waals surface area contributed by atoms with E-state index in [1.807, 2.05) is 73.4 Å². The van der Waals surface area contributed by atoms with Crippen molar-refractivity contribution in [1.82, 2.24) is 26.6 Å². The smallest absolute Gasteiger partial charge is 0.127 e. The third kappa shape index (κ3) is 31.6. The third-order valence-corrected chi connectivity index (χ3v) is 27.1. The number of benzene rings is 10.